The highest BCUT2D eigenvalue weighted by Gasteiger charge is 2.27. The van der Waals surface area contributed by atoms with Gasteiger partial charge in [-0.1, -0.05) is 12.8 Å². The Labute approximate surface area is 115 Å². The zero-order valence-corrected chi connectivity index (χ0v) is 12.9. The smallest absolute Gasteiger partial charge is 0.244 e. The van der Waals surface area contributed by atoms with Crippen molar-refractivity contribution in [2.45, 2.75) is 69.9 Å². The fourth-order valence-electron chi connectivity index (χ4n) is 2.54. The lowest BCUT2D eigenvalue weighted by Gasteiger charge is -2.19. The molecular weight excluding hydrogens is 262 g/mol. The summed E-state index contributed by atoms with van der Waals surface area (Å²) in [6.07, 6.45) is 6.26. The molecule has 0 atom stereocenters. The molecule has 1 N–H and O–H groups in total. The Balaban J connectivity index is 2.30. The summed E-state index contributed by atoms with van der Waals surface area (Å²) in [5.74, 6) is 0. The molecule has 1 aromatic heterocycles. The van der Waals surface area contributed by atoms with Crippen molar-refractivity contribution in [3.05, 3.63) is 11.9 Å². The second kappa shape index (κ2) is 4.90. The molecule has 1 aliphatic carbocycles. The molecule has 5 nitrogen and oxygen atoms in total. The highest BCUT2D eigenvalue weighted by Crippen LogP contribution is 2.30. The molecule has 1 aliphatic rings. The van der Waals surface area contributed by atoms with Crippen molar-refractivity contribution in [2.75, 3.05) is 0 Å². The van der Waals surface area contributed by atoms with E-state index in [2.05, 4.69) is 9.82 Å². The highest BCUT2D eigenvalue weighted by molar-refractivity contribution is 7.89. The van der Waals surface area contributed by atoms with Gasteiger partial charge in [0.25, 0.3) is 0 Å². The molecule has 0 radical (unpaired) electrons. The van der Waals surface area contributed by atoms with E-state index < -0.39 is 15.6 Å². The minimum absolute atomic E-state index is 0.300. The standard InChI is InChI=1S/C13H23N3O2S/c1-10-12(19(17,18)15-13(2,3)4)9-16(14-10)11-7-5-6-8-11/h9,11,15H,5-8H2,1-4H3. The topological polar surface area (TPSA) is 64.0 Å². The summed E-state index contributed by atoms with van der Waals surface area (Å²) in [5.41, 5.74) is 0.0874. The number of nitrogens with one attached hydrogen (secondary N) is 1. The second-order valence-electron chi connectivity index (χ2n) is 6.35. The van der Waals surface area contributed by atoms with Crippen molar-refractivity contribution in [1.29, 1.82) is 0 Å². The van der Waals surface area contributed by atoms with Crippen molar-refractivity contribution in [1.82, 2.24) is 14.5 Å². The van der Waals surface area contributed by atoms with E-state index in [-0.39, 0.29) is 0 Å². The SMILES string of the molecule is Cc1nn(C2CCCC2)cc1S(=O)(=O)NC(C)(C)C. The summed E-state index contributed by atoms with van der Waals surface area (Å²) in [6, 6.07) is 0.359. The fraction of sp³-hybridized carbons (Fsp3) is 0.769. The molecule has 1 fully saturated rings. The maximum atomic E-state index is 12.3. The predicted molar refractivity (Wildman–Crippen MR) is 74.5 cm³/mol. The Kier molecular flexibility index (Phi) is 3.75. The molecule has 0 spiro atoms. The third-order valence-electron chi connectivity index (χ3n) is 3.30. The van der Waals surface area contributed by atoms with Crippen molar-refractivity contribution in [3.8, 4) is 0 Å². The van der Waals surface area contributed by atoms with Gasteiger partial charge in [-0.2, -0.15) is 5.10 Å². The van der Waals surface area contributed by atoms with Gasteiger partial charge in [-0.25, -0.2) is 13.1 Å². The Bertz CT molecular complexity index is 549. The maximum Gasteiger partial charge on any atom is 0.244 e. The van der Waals surface area contributed by atoms with Gasteiger partial charge in [0.15, 0.2) is 0 Å². The van der Waals surface area contributed by atoms with Crippen LogP contribution in [0.25, 0.3) is 0 Å². The van der Waals surface area contributed by atoms with Crippen molar-refractivity contribution < 1.29 is 8.42 Å². The van der Waals surface area contributed by atoms with Crippen LogP contribution in [0.3, 0.4) is 0 Å². The van der Waals surface area contributed by atoms with E-state index in [9.17, 15) is 8.42 Å². The first-order valence-corrected chi connectivity index (χ1v) is 8.27. The molecule has 1 aromatic rings. The zero-order valence-electron chi connectivity index (χ0n) is 12.1. The molecule has 0 unspecified atom stereocenters. The van der Waals surface area contributed by atoms with Crippen LogP contribution in [0.15, 0.2) is 11.1 Å². The largest absolute Gasteiger partial charge is 0.268 e. The molecule has 2 rings (SSSR count). The number of hydrogen-bond donors (Lipinski definition) is 1. The molecule has 1 saturated carbocycles. The number of sulfonamides is 1. The van der Waals surface area contributed by atoms with Gasteiger partial charge in [0, 0.05) is 11.7 Å². The van der Waals surface area contributed by atoms with Crippen LogP contribution in [0.5, 0.6) is 0 Å². The average Bonchev–Trinajstić information content (AvgIpc) is 2.80. The number of nitrogens with zero attached hydrogens (tertiary/aromatic N) is 2. The van der Waals surface area contributed by atoms with Crippen LogP contribution in [0, 0.1) is 6.92 Å². The third-order valence-corrected chi connectivity index (χ3v) is 5.16. The first-order chi connectivity index (χ1) is 8.69. The lowest BCUT2D eigenvalue weighted by atomic mass is 10.1. The summed E-state index contributed by atoms with van der Waals surface area (Å²) in [7, 11) is -3.49. The van der Waals surface area contributed by atoms with E-state index in [0.29, 0.717) is 16.6 Å². The van der Waals surface area contributed by atoms with Crippen LogP contribution in [0.2, 0.25) is 0 Å². The van der Waals surface area contributed by atoms with E-state index >= 15 is 0 Å². The van der Waals surface area contributed by atoms with Crippen molar-refractivity contribution in [3.63, 3.8) is 0 Å². The molecule has 0 aromatic carbocycles. The van der Waals surface area contributed by atoms with E-state index in [1.54, 1.807) is 13.1 Å². The van der Waals surface area contributed by atoms with Crippen molar-refractivity contribution in [2.24, 2.45) is 0 Å². The minimum atomic E-state index is -3.49. The quantitative estimate of drug-likeness (QED) is 0.927. The Morgan fingerprint density at radius 1 is 1.32 bits per heavy atom. The van der Waals surface area contributed by atoms with E-state index in [1.807, 2.05) is 25.5 Å². The van der Waals surface area contributed by atoms with Gasteiger partial charge in [-0.15, -0.1) is 0 Å². The van der Waals surface area contributed by atoms with Crippen LogP contribution >= 0.6 is 0 Å². The first kappa shape index (κ1) is 14.5. The Morgan fingerprint density at radius 3 is 2.42 bits per heavy atom. The average molecular weight is 285 g/mol. The van der Waals surface area contributed by atoms with Gasteiger partial charge >= 0.3 is 0 Å². The van der Waals surface area contributed by atoms with Crippen LogP contribution in [0.1, 0.15) is 58.2 Å². The van der Waals surface area contributed by atoms with Gasteiger partial charge in [0.2, 0.25) is 10.0 Å². The predicted octanol–water partition coefficient (Wildman–Crippen LogP) is 2.38. The summed E-state index contributed by atoms with van der Waals surface area (Å²) in [6.45, 7) is 7.26. The minimum Gasteiger partial charge on any atom is -0.268 e. The van der Waals surface area contributed by atoms with Gasteiger partial charge in [0.1, 0.15) is 4.90 Å². The summed E-state index contributed by atoms with van der Waals surface area (Å²) < 4.78 is 29.2. The lowest BCUT2D eigenvalue weighted by Crippen LogP contribution is -2.40. The summed E-state index contributed by atoms with van der Waals surface area (Å²) in [4.78, 5) is 0.300. The number of hydrogen-bond acceptors (Lipinski definition) is 3. The van der Waals surface area contributed by atoms with Crippen LogP contribution in [0.4, 0.5) is 0 Å². The summed E-state index contributed by atoms with van der Waals surface area (Å²) in [5, 5.41) is 4.39. The lowest BCUT2D eigenvalue weighted by molar-refractivity contribution is 0.463. The highest BCUT2D eigenvalue weighted by atomic mass is 32.2. The Hall–Kier alpha value is -0.880. The van der Waals surface area contributed by atoms with E-state index in [0.717, 1.165) is 12.8 Å². The molecule has 0 saturated heterocycles. The van der Waals surface area contributed by atoms with Crippen LogP contribution in [-0.2, 0) is 10.0 Å². The van der Waals surface area contributed by atoms with Gasteiger partial charge in [0.05, 0.1) is 11.7 Å². The maximum absolute atomic E-state index is 12.3. The van der Waals surface area contributed by atoms with E-state index in [1.165, 1.54) is 12.8 Å². The number of aryl methyl sites for hydroxylation is 1. The summed E-state index contributed by atoms with van der Waals surface area (Å²) >= 11 is 0. The van der Waals surface area contributed by atoms with Crippen molar-refractivity contribution >= 4 is 10.0 Å². The molecule has 108 valence electrons. The number of rotatable bonds is 3. The third kappa shape index (κ3) is 3.36. The molecule has 0 bridgehead atoms. The fourth-order valence-corrected chi connectivity index (χ4v) is 4.14. The van der Waals surface area contributed by atoms with E-state index in [4.69, 9.17) is 0 Å². The normalized spacial score (nSPS) is 18.1. The first-order valence-electron chi connectivity index (χ1n) is 6.79. The molecule has 1 heterocycles. The molecule has 0 aliphatic heterocycles. The van der Waals surface area contributed by atoms with Gasteiger partial charge in [-0.05, 0) is 40.5 Å². The molecule has 19 heavy (non-hydrogen) atoms. The van der Waals surface area contributed by atoms with Gasteiger partial charge in [-0.3, -0.25) is 4.68 Å². The molecule has 0 amide bonds. The number of aromatic nitrogens is 2. The second-order valence-corrected chi connectivity index (χ2v) is 8.00. The molecular formula is C13H23N3O2S. The van der Waals surface area contributed by atoms with Crippen LogP contribution < -0.4 is 4.72 Å². The zero-order chi connectivity index (χ0) is 14.3. The molecule has 6 heteroatoms. The van der Waals surface area contributed by atoms with Crippen LogP contribution in [-0.4, -0.2) is 23.7 Å². The Morgan fingerprint density at radius 2 is 1.89 bits per heavy atom. The monoisotopic (exact) mass is 285 g/mol. The van der Waals surface area contributed by atoms with Gasteiger partial charge < -0.3 is 0 Å².